The van der Waals surface area contributed by atoms with E-state index in [9.17, 15) is 0 Å². The van der Waals surface area contributed by atoms with E-state index in [1.165, 1.54) is 12.8 Å². The van der Waals surface area contributed by atoms with E-state index in [0.29, 0.717) is 0 Å². The largest absolute Gasteiger partial charge is 0.471 e. The molecule has 1 nitrogen and oxygen atoms in total. The summed E-state index contributed by atoms with van der Waals surface area (Å²) >= 11 is 5.78. The third-order valence-corrected chi connectivity index (χ3v) is 1.82. The summed E-state index contributed by atoms with van der Waals surface area (Å²) in [7, 11) is 0. The zero-order valence-electron chi connectivity index (χ0n) is 6.06. The Morgan fingerprint density at radius 3 is 2.80 bits per heavy atom. The molecule has 0 aliphatic rings. The van der Waals surface area contributed by atoms with Crippen LogP contribution in [-0.4, -0.2) is 0 Å². The highest BCUT2D eigenvalue weighted by molar-refractivity contribution is 6.31. The Bertz CT molecular complexity index is 193. The minimum Gasteiger partial charge on any atom is -0.471 e. The molecule has 0 unspecified atom stereocenters. The standard InChI is InChI=1S/C8H11ClO/c1-2-3-4-7-5-10-6-8(7)9/h5-6H,2-4H2,1H3. The van der Waals surface area contributed by atoms with Gasteiger partial charge in [-0.05, 0) is 12.8 Å². The van der Waals surface area contributed by atoms with Crippen LogP contribution < -0.4 is 0 Å². The number of rotatable bonds is 3. The fourth-order valence-corrected chi connectivity index (χ4v) is 1.04. The molecule has 0 radical (unpaired) electrons. The molecular formula is C8H11ClO. The van der Waals surface area contributed by atoms with Gasteiger partial charge in [0.2, 0.25) is 0 Å². The average Bonchev–Trinajstić information content (AvgIpc) is 2.31. The van der Waals surface area contributed by atoms with Gasteiger partial charge in [0, 0.05) is 5.56 Å². The SMILES string of the molecule is CCCCc1cocc1Cl. The minimum atomic E-state index is 0.758. The Balaban J connectivity index is 2.49. The molecule has 0 aliphatic carbocycles. The molecule has 1 aromatic heterocycles. The van der Waals surface area contributed by atoms with Crippen molar-refractivity contribution in [3.63, 3.8) is 0 Å². The van der Waals surface area contributed by atoms with E-state index < -0.39 is 0 Å². The second-order valence-electron chi connectivity index (χ2n) is 2.35. The first-order valence-electron chi connectivity index (χ1n) is 3.55. The highest BCUT2D eigenvalue weighted by Crippen LogP contribution is 2.18. The van der Waals surface area contributed by atoms with E-state index >= 15 is 0 Å². The lowest BCUT2D eigenvalue weighted by molar-refractivity contribution is 0.563. The van der Waals surface area contributed by atoms with Gasteiger partial charge in [-0.25, -0.2) is 0 Å². The first-order valence-corrected chi connectivity index (χ1v) is 3.93. The van der Waals surface area contributed by atoms with Crippen LogP contribution in [0, 0.1) is 0 Å². The second kappa shape index (κ2) is 3.67. The van der Waals surface area contributed by atoms with Crippen molar-refractivity contribution in [1.29, 1.82) is 0 Å². The molecule has 2 heteroatoms. The maximum Gasteiger partial charge on any atom is 0.109 e. The van der Waals surface area contributed by atoms with Crippen LogP contribution in [0.1, 0.15) is 25.3 Å². The molecule has 1 heterocycles. The van der Waals surface area contributed by atoms with Gasteiger partial charge in [-0.3, -0.25) is 0 Å². The van der Waals surface area contributed by atoms with Crippen LogP contribution in [0.5, 0.6) is 0 Å². The van der Waals surface area contributed by atoms with Gasteiger partial charge in [0.1, 0.15) is 6.26 Å². The molecule has 1 rings (SSSR count). The second-order valence-corrected chi connectivity index (χ2v) is 2.76. The van der Waals surface area contributed by atoms with Crippen LogP contribution >= 0.6 is 11.6 Å². The highest BCUT2D eigenvalue weighted by Gasteiger charge is 2.00. The number of hydrogen-bond donors (Lipinski definition) is 0. The van der Waals surface area contributed by atoms with Crippen molar-refractivity contribution in [3.8, 4) is 0 Å². The first kappa shape index (κ1) is 7.67. The molecule has 0 saturated carbocycles. The number of halogens is 1. The molecule has 0 spiro atoms. The van der Waals surface area contributed by atoms with E-state index in [0.717, 1.165) is 17.0 Å². The number of furan rings is 1. The summed E-state index contributed by atoms with van der Waals surface area (Å²) in [6.07, 6.45) is 6.71. The summed E-state index contributed by atoms with van der Waals surface area (Å²) in [5, 5.41) is 0.758. The van der Waals surface area contributed by atoms with Crippen molar-refractivity contribution >= 4 is 11.6 Å². The van der Waals surface area contributed by atoms with Crippen LogP contribution in [0.2, 0.25) is 5.02 Å². The number of unbranched alkanes of at least 4 members (excludes halogenated alkanes) is 1. The quantitative estimate of drug-likeness (QED) is 0.658. The van der Waals surface area contributed by atoms with Gasteiger partial charge in [0.25, 0.3) is 0 Å². The van der Waals surface area contributed by atoms with Crippen LogP contribution in [-0.2, 0) is 6.42 Å². The molecule has 10 heavy (non-hydrogen) atoms. The van der Waals surface area contributed by atoms with Crippen molar-refractivity contribution in [3.05, 3.63) is 23.1 Å². The summed E-state index contributed by atoms with van der Waals surface area (Å²) in [6.45, 7) is 2.16. The predicted molar refractivity (Wildman–Crippen MR) is 42.3 cm³/mol. The summed E-state index contributed by atoms with van der Waals surface area (Å²) in [5.41, 5.74) is 1.13. The lowest BCUT2D eigenvalue weighted by Crippen LogP contribution is -1.80. The molecular weight excluding hydrogens is 148 g/mol. The van der Waals surface area contributed by atoms with Gasteiger partial charge < -0.3 is 4.42 Å². The predicted octanol–water partition coefficient (Wildman–Crippen LogP) is 3.28. The third-order valence-electron chi connectivity index (χ3n) is 1.49. The highest BCUT2D eigenvalue weighted by atomic mass is 35.5. The zero-order valence-corrected chi connectivity index (χ0v) is 6.82. The maximum atomic E-state index is 5.78. The lowest BCUT2D eigenvalue weighted by Gasteiger charge is -1.92. The van der Waals surface area contributed by atoms with Crippen molar-refractivity contribution in [1.82, 2.24) is 0 Å². The van der Waals surface area contributed by atoms with Gasteiger partial charge >= 0.3 is 0 Å². The minimum absolute atomic E-state index is 0.758. The van der Waals surface area contributed by atoms with Crippen molar-refractivity contribution in [2.45, 2.75) is 26.2 Å². The fraction of sp³-hybridized carbons (Fsp3) is 0.500. The van der Waals surface area contributed by atoms with Gasteiger partial charge in [-0.2, -0.15) is 0 Å². The fourth-order valence-electron chi connectivity index (χ4n) is 0.853. The molecule has 0 saturated heterocycles. The van der Waals surface area contributed by atoms with Crippen LogP contribution in [0.15, 0.2) is 16.9 Å². The Morgan fingerprint density at radius 1 is 1.50 bits per heavy atom. The maximum absolute atomic E-state index is 5.78. The monoisotopic (exact) mass is 158 g/mol. The molecule has 0 N–H and O–H groups in total. The smallest absolute Gasteiger partial charge is 0.109 e. The Hall–Kier alpha value is -0.430. The molecule has 56 valence electrons. The topological polar surface area (TPSA) is 13.1 Å². The lowest BCUT2D eigenvalue weighted by atomic mass is 10.2. The molecule has 0 aliphatic heterocycles. The van der Waals surface area contributed by atoms with Crippen molar-refractivity contribution < 1.29 is 4.42 Å². The first-order chi connectivity index (χ1) is 4.84. The number of aryl methyl sites for hydroxylation is 1. The van der Waals surface area contributed by atoms with E-state index in [2.05, 4.69) is 6.92 Å². The van der Waals surface area contributed by atoms with E-state index in [1.807, 2.05) is 0 Å². The van der Waals surface area contributed by atoms with Gasteiger partial charge in [-0.1, -0.05) is 24.9 Å². The summed E-state index contributed by atoms with van der Waals surface area (Å²) in [6, 6.07) is 0. The third kappa shape index (κ3) is 1.77. The normalized spacial score (nSPS) is 10.2. The number of hydrogen-bond acceptors (Lipinski definition) is 1. The molecule has 0 aromatic carbocycles. The van der Waals surface area contributed by atoms with Crippen LogP contribution in [0.25, 0.3) is 0 Å². The van der Waals surface area contributed by atoms with Gasteiger partial charge in [-0.15, -0.1) is 0 Å². The summed E-state index contributed by atoms with van der Waals surface area (Å²) < 4.78 is 4.91. The molecule has 0 atom stereocenters. The molecule has 0 bridgehead atoms. The van der Waals surface area contributed by atoms with E-state index in [4.69, 9.17) is 16.0 Å². The van der Waals surface area contributed by atoms with Crippen LogP contribution in [0.3, 0.4) is 0 Å². The molecule has 0 fully saturated rings. The van der Waals surface area contributed by atoms with E-state index in [-0.39, 0.29) is 0 Å². The Morgan fingerprint density at radius 2 is 2.30 bits per heavy atom. The van der Waals surface area contributed by atoms with Crippen LogP contribution in [0.4, 0.5) is 0 Å². The Kier molecular flexibility index (Phi) is 2.82. The van der Waals surface area contributed by atoms with Gasteiger partial charge in [0.05, 0.1) is 11.3 Å². The summed E-state index contributed by atoms with van der Waals surface area (Å²) in [5.74, 6) is 0. The average molecular weight is 159 g/mol. The molecule has 1 aromatic rings. The Labute approximate surface area is 66.0 Å². The van der Waals surface area contributed by atoms with Crippen molar-refractivity contribution in [2.24, 2.45) is 0 Å². The van der Waals surface area contributed by atoms with E-state index in [1.54, 1.807) is 12.5 Å². The van der Waals surface area contributed by atoms with Crippen molar-refractivity contribution in [2.75, 3.05) is 0 Å². The summed E-state index contributed by atoms with van der Waals surface area (Å²) in [4.78, 5) is 0. The van der Waals surface area contributed by atoms with Gasteiger partial charge in [0.15, 0.2) is 0 Å². The molecule has 0 amide bonds. The zero-order chi connectivity index (χ0) is 7.40.